The fourth-order valence-electron chi connectivity index (χ4n) is 1.97. The van der Waals surface area contributed by atoms with Crippen LogP contribution in [0.3, 0.4) is 0 Å². The standard InChI is InChI=1S/C15H23BrN2O3S/c1-4-5-6-9-18(22(3,20)21)11-15(19)17-14-8-7-12(2)10-13(14)16/h7-8,10H,4-6,9,11H2,1-3H3,(H,17,19). The van der Waals surface area contributed by atoms with Crippen molar-refractivity contribution in [3.63, 3.8) is 0 Å². The largest absolute Gasteiger partial charge is 0.324 e. The van der Waals surface area contributed by atoms with Crippen LogP contribution in [0.2, 0.25) is 0 Å². The van der Waals surface area contributed by atoms with Crippen molar-refractivity contribution in [2.75, 3.05) is 24.7 Å². The van der Waals surface area contributed by atoms with E-state index in [0.29, 0.717) is 12.2 Å². The highest BCUT2D eigenvalue weighted by Gasteiger charge is 2.20. The summed E-state index contributed by atoms with van der Waals surface area (Å²) >= 11 is 3.39. The third kappa shape index (κ3) is 6.46. The molecule has 0 heterocycles. The number of rotatable bonds is 8. The van der Waals surface area contributed by atoms with Gasteiger partial charge in [-0.1, -0.05) is 25.8 Å². The molecule has 0 saturated carbocycles. The molecule has 0 aliphatic rings. The van der Waals surface area contributed by atoms with E-state index in [-0.39, 0.29) is 12.5 Å². The number of amides is 1. The van der Waals surface area contributed by atoms with Gasteiger partial charge in [0.15, 0.2) is 0 Å². The Kier molecular flexibility index (Phi) is 7.52. The van der Waals surface area contributed by atoms with E-state index in [1.807, 2.05) is 26.0 Å². The van der Waals surface area contributed by atoms with Gasteiger partial charge in [0.1, 0.15) is 0 Å². The number of nitrogens with one attached hydrogen (secondary N) is 1. The quantitative estimate of drug-likeness (QED) is 0.693. The Morgan fingerprint density at radius 1 is 1.32 bits per heavy atom. The molecule has 124 valence electrons. The third-order valence-electron chi connectivity index (χ3n) is 3.20. The summed E-state index contributed by atoms with van der Waals surface area (Å²) in [7, 11) is -3.39. The summed E-state index contributed by atoms with van der Waals surface area (Å²) in [6.07, 6.45) is 3.83. The SMILES string of the molecule is CCCCCN(CC(=O)Nc1ccc(C)cc1Br)S(C)(=O)=O. The molecule has 5 nitrogen and oxygen atoms in total. The minimum atomic E-state index is -3.39. The fourth-order valence-corrected chi connectivity index (χ4v) is 3.38. The lowest BCUT2D eigenvalue weighted by molar-refractivity contribution is -0.116. The first-order chi connectivity index (χ1) is 10.2. The zero-order chi connectivity index (χ0) is 16.8. The maximum absolute atomic E-state index is 12.1. The Bertz CT molecular complexity index is 617. The minimum absolute atomic E-state index is 0.164. The van der Waals surface area contributed by atoms with Crippen molar-refractivity contribution < 1.29 is 13.2 Å². The van der Waals surface area contributed by atoms with Crippen LogP contribution in [0.4, 0.5) is 5.69 Å². The van der Waals surface area contributed by atoms with Crippen LogP contribution < -0.4 is 5.32 Å². The predicted octanol–water partition coefficient (Wildman–Crippen LogP) is 3.15. The summed E-state index contributed by atoms with van der Waals surface area (Å²) in [5.41, 5.74) is 1.71. The maximum atomic E-state index is 12.1. The summed E-state index contributed by atoms with van der Waals surface area (Å²) in [5.74, 6) is -0.341. The average Bonchev–Trinajstić information content (AvgIpc) is 2.40. The van der Waals surface area contributed by atoms with Crippen LogP contribution in [0.25, 0.3) is 0 Å². The maximum Gasteiger partial charge on any atom is 0.239 e. The Hall–Kier alpha value is -0.920. The monoisotopic (exact) mass is 390 g/mol. The van der Waals surface area contributed by atoms with Gasteiger partial charge in [-0.05, 0) is 47.0 Å². The van der Waals surface area contributed by atoms with E-state index < -0.39 is 10.0 Å². The molecule has 22 heavy (non-hydrogen) atoms. The normalized spacial score (nSPS) is 11.7. The summed E-state index contributed by atoms with van der Waals surface area (Å²) in [6.45, 7) is 4.21. The number of carbonyl (C=O) groups excluding carboxylic acids is 1. The Morgan fingerprint density at radius 3 is 2.55 bits per heavy atom. The van der Waals surface area contributed by atoms with Gasteiger partial charge in [0.2, 0.25) is 15.9 Å². The molecule has 1 rings (SSSR count). The van der Waals surface area contributed by atoms with Gasteiger partial charge in [0, 0.05) is 11.0 Å². The van der Waals surface area contributed by atoms with Crippen molar-refractivity contribution >= 4 is 37.5 Å². The number of hydrogen-bond acceptors (Lipinski definition) is 3. The molecule has 0 atom stereocenters. The molecule has 0 saturated heterocycles. The van der Waals surface area contributed by atoms with Crippen molar-refractivity contribution in [1.82, 2.24) is 4.31 Å². The Balaban J connectivity index is 2.70. The zero-order valence-corrected chi connectivity index (χ0v) is 15.6. The Labute approximate surface area is 141 Å². The number of aryl methyl sites for hydroxylation is 1. The molecular weight excluding hydrogens is 368 g/mol. The molecule has 0 radical (unpaired) electrons. The number of carbonyl (C=O) groups is 1. The summed E-state index contributed by atoms with van der Waals surface area (Å²) in [4.78, 5) is 12.1. The van der Waals surface area contributed by atoms with Crippen LogP contribution in [-0.4, -0.2) is 38.0 Å². The molecule has 0 spiro atoms. The van der Waals surface area contributed by atoms with Crippen LogP contribution in [0.15, 0.2) is 22.7 Å². The van der Waals surface area contributed by atoms with E-state index in [1.165, 1.54) is 4.31 Å². The van der Waals surface area contributed by atoms with Crippen molar-refractivity contribution in [2.45, 2.75) is 33.1 Å². The van der Waals surface area contributed by atoms with Gasteiger partial charge in [-0.2, -0.15) is 4.31 Å². The van der Waals surface area contributed by atoms with Gasteiger partial charge in [-0.15, -0.1) is 0 Å². The topological polar surface area (TPSA) is 66.5 Å². The third-order valence-corrected chi connectivity index (χ3v) is 5.10. The number of hydrogen-bond donors (Lipinski definition) is 1. The van der Waals surface area contributed by atoms with Gasteiger partial charge < -0.3 is 5.32 Å². The van der Waals surface area contributed by atoms with Crippen molar-refractivity contribution in [3.05, 3.63) is 28.2 Å². The minimum Gasteiger partial charge on any atom is -0.324 e. The van der Waals surface area contributed by atoms with Gasteiger partial charge in [-0.3, -0.25) is 4.79 Å². The second kappa shape index (κ2) is 8.64. The molecule has 0 fully saturated rings. The van der Waals surface area contributed by atoms with E-state index >= 15 is 0 Å². The summed E-state index contributed by atoms with van der Waals surface area (Å²) in [5, 5.41) is 2.74. The van der Waals surface area contributed by atoms with Gasteiger partial charge in [0.05, 0.1) is 18.5 Å². The number of sulfonamides is 1. The lowest BCUT2D eigenvalue weighted by Gasteiger charge is -2.19. The second-order valence-electron chi connectivity index (χ2n) is 5.34. The first-order valence-corrected chi connectivity index (χ1v) is 9.89. The van der Waals surface area contributed by atoms with Crippen LogP contribution >= 0.6 is 15.9 Å². The second-order valence-corrected chi connectivity index (χ2v) is 8.17. The lowest BCUT2D eigenvalue weighted by Crippen LogP contribution is -2.38. The van der Waals surface area contributed by atoms with Gasteiger partial charge in [0.25, 0.3) is 0 Å². The van der Waals surface area contributed by atoms with Crippen molar-refractivity contribution in [2.24, 2.45) is 0 Å². The van der Waals surface area contributed by atoms with Crippen LogP contribution in [0, 0.1) is 6.92 Å². The molecule has 0 aromatic heterocycles. The fraction of sp³-hybridized carbons (Fsp3) is 0.533. The van der Waals surface area contributed by atoms with E-state index in [4.69, 9.17) is 0 Å². The van der Waals surface area contributed by atoms with E-state index in [0.717, 1.165) is 35.6 Å². The first-order valence-electron chi connectivity index (χ1n) is 7.25. The number of unbranched alkanes of at least 4 members (excludes halogenated alkanes) is 2. The molecule has 0 bridgehead atoms. The molecule has 1 aromatic rings. The average molecular weight is 391 g/mol. The molecule has 0 aliphatic carbocycles. The van der Waals surface area contributed by atoms with Crippen LogP contribution in [0.1, 0.15) is 31.7 Å². The molecule has 1 aromatic carbocycles. The molecular formula is C15H23BrN2O3S. The smallest absolute Gasteiger partial charge is 0.239 e. The zero-order valence-electron chi connectivity index (χ0n) is 13.2. The highest BCUT2D eigenvalue weighted by atomic mass is 79.9. The van der Waals surface area contributed by atoms with E-state index in [2.05, 4.69) is 21.2 Å². The molecule has 1 amide bonds. The molecule has 0 aliphatic heterocycles. The van der Waals surface area contributed by atoms with Gasteiger partial charge in [-0.25, -0.2) is 8.42 Å². The van der Waals surface area contributed by atoms with Gasteiger partial charge >= 0.3 is 0 Å². The number of nitrogens with zero attached hydrogens (tertiary/aromatic N) is 1. The predicted molar refractivity (Wildman–Crippen MR) is 93.5 cm³/mol. The van der Waals surface area contributed by atoms with Crippen molar-refractivity contribution in [3.8, 4) is 0 Å². The summed E-state index contributed by atoms with van der Waals surface area (Å²) < 4.78 is 25.5. The molecule has 1 N–H and O–H groups in total. The van der Waals surface area contributed by atoms with Crippen LogP contribution in [0.5, 0.6) is 0 Å². The first kappa shape index (κ1) is 19.1. The summed E-state index contributed by atoms with van der Waals surface area (Å²) in [6, 6.07) is 5.57. The van der Waals surface area contributed by atoms with Crippen LogP contribution in [-0.2, 0) is 14.8 Å². The highest BCUT2D eigenvalue weighted by Crippen LogP contribution is 2.23. The molecule has 0 unspecified atom stereocenters. The highest BCUT2D eigenvalue weighted by molar-refractivity contribution is 9.10. The number of benzene rings is 1. The molecule has 7 heteroatoms. The van der Waals surface area contributed by atoms with E-state index in [9.17, 15) is 13.2 Å². The van der Waals surface area contributed by atoms with Crippen molar-refractivity contribution in [1.29, 1.82) is 0 Å². The number of anilines is 1. The Morgan fingerprint density at radius 2 is 2.00 bits per heavy atom. The van der Waals surface area contributed by atoms with E-state index in [1.54, 1.807) is 6.07 Å². The lowest BCUT2D eigenvalue weighted by atomic mass is 10.2. The number of halogens is 1.